The van der Waals surface area contributed by atoms with E-state index in [1.165, 1.54) is 43.5 Å². The fraction of sp³-hybridized carbons (Fsp3) is 0.0714. The maximum Gasteiger partial charge on any atom is 0.311 e. The zero-order valence-electron chi connectivity index (χ0n) is 12.4. The number of benzene rings is 2. The number of anilines is 1. The summed E-state index contributed by atoms with van der Waals surface area (Å²) < 4.78 is 27.2. The third kappa shape index (κ3) is 3.86. The predicted molar refractivity (Wildman–Crippen MR) is 85.4 cm³/mol. The molecule has 0 fully saturated rings. The van der Waals surface area contributed by atoms with Gasteiger partial charge in [0, 0.05) is 17.3 Å². The van der Waals surface area contributed by atoms with Crippen LogP contribution in [0.2, 0.25) is 0 Å². The Bertz CT molecular complexity index is 893. The number of amides is 1. The molecule has 0 bridgehead atoms. The molecular weight excluding hydrogens is 338 g/mol. The van der Waals surface area contributed by atoms with Crippen LogP contribution in [0.5, 0.6) is 5.75 Å². The minimum absolute atomic E-state index is 0.0362. The van der Waals surface area contributed by atoms with Crippen molar-refractivity contribution in [1.29, 1.82) is 0 Å². The Morgan fingerprint density at radius 1 is 1.21 bits per heavy atom. The van der Waals surface area contributed by atoms with Crippen LogP contribution in [0.4, 0.5) is 11.4 Å². The van der Waals surface area contributed by atoms with E-state index in [9.17, 15) is 23.3 Å². The lowest BCUT2D eigenvalue weighted by Crippen LogP contribution is -2.14. The van der Waals surface area contributed by atoms with Crippen LogP contribution in [0.1, 0.15) is 10.4 Å². The first-order chi connectivity index (χ1) is 11.2. The Hall–Kier alpha value is -2.98. The fourth-order valence-corrected chi connectivity index (χ4v) is 2.42. The van der Waals surface area contributed by atoms with Crippen molar-refractivity contribution in [2.45, 2.75) is 4.90 Å². The van der Waals surface area contributed by atoms with Gasteiger partial charge in [-0.15, -0.1) is 0 Å². The lowest BCUT2D eigenvalue weighted by Gasteiger charge is -2.07. The first-order valence-electron chi connectivity index (χ1n) is 6.49. The van der Waals surface area contributed by atoms with E-state index in [4.69, 9.17) is 9.88 Å². The van der Waals surface area contributed by atoms with Gasteiger partial charge in [-0.1, -0.05) is 0 Å². The van der Waals surface area contributed by atoms with Crippen molar-refractivity contribution in [3.8, 4) is 5.75 Å². The molecule has 24 heavy (non-hydrogen) atoms. The zero-order valence-corrected chi connectivity index (χ0v) is 13.2. The molecule has 0 heterocycles. The lowest BCUT2D eigenvalue weighted by atomic mass is 10.1. The summed E-state index contributed by atoms with van der Waals surface area (Å²) in [6, 6.07) is 8.97. The molecule has 0 aliphatic heterocycles. The molecule has 1 amide bonds. The SMILES string of the molecule is COc1ccc(C(=O)Nc2ccc(S(N)(=O)=O)cc2)cc1[N+](=O)[O-]. The minimum Gasteiger partial charge on any atom is -0.490 e. The van der Waals surface area contributed by atoms with Gasteiger partial charge in [-0.05, 0) is 36.4 Å². The third-order valence-corrected chi connectivity index (χ3v) is 4.01. The molecule has 2 aromatic carbocycles. The van der Waals surface area contributed by atoms with Crippen LogP contribution in [-0.4, -0.2) is 26.4 Å². The molecule has 0 aromatic heterocycles. The zero-order chi connectivity index (χ0) is 17.9. The normalized spacial score (nSPS) is 10.9. The highest BCUT2D eigenvalue weighted by molar-refractivity contribution is 7.89. The molecule has 0 radical (unpaired) electrons. The molecule has 126 valence electrons. The van der Waals surface area contributed by atoms with Crippen molar-refractivity contribution in [3.05, 3.63) is 58.1 Å². The minimum atomic E-state index is -3.82. The summed E-state index contributed by atoms with van der Waals surface area (Å²) in [4.78, 5) is 22.4. The number of sulfonamides is 1. The highest BCUT2D eigenvalue weighted by atomic mass is 32.2. The van der Waals surface area contributed by atoms with Gasteiger partial charge in [0.25, 0.3) is 5.91 Å². The van der Waals surface area contributed by atoms with Gasteiger partial charge >= 0.3 is 5.69 Å². The predicted octanol–water partition coefficient (Wildman–Crippen LogP) is 1.50. The average molecular weight is 351 g/mol. The maximum absolute atomic E-state index is 12.2. The number of nitrogens with one attached hydrogen (secondary N) is 1. The van der Waals surface area contributed by atoms with Crippen molar-refractivity contribution in [2.24, 2.45) is 5.14 Å². The van der Waals surface area contributed by atoms with Gasteiger partial charge < -0.3 is 10.1 Å². The Morgan fingerprint density at radius 3 is 2.33 bits per heavy atom. The van der Waals surface area contributed by atoms with E-state index < -0.39 is 20.9 Å². The molecule has 2 aromatic rings. The number of nitro benzene ring substituents is 1. The second-order valence-electron chi connectivity index (χ2n) is 4.67. The van der Waals surface area contributed by atoms with Crippen molar-refractivity contribution in [3.63, 3.8) is 0 Å². The van der Waals surface area contributed by atoms with Crippen molar-refractivity contribution >= 4 is 27.3 Å². The maximum atomic E-state index is 12.2. The summed E-state index contributed by atoms with van der Waals surface area (Å²) in [7, 11) is -2.54. The monoisotopic (exact) mass is 351 g/mol. The van der Waals surface area contributed by atoms with E-state index in [2.05, 4.69) is 5.32 Å². The average Bonchev–Trinajstić information content (AvgIpc) is 2.53. The summed E-state index contributed by atoms with van der Waals surface area (Å²) in [6.45, 7) is 0. The number of primary sulfonamides is 1. The van der Waals surface area contributed by atoms with Crippen LogP contribution in [0.25, 0.3) is 0 Å². The molecule has 3 N–H and O–H groups in total. The number of methoxy groups -OCH3 is 1. The Kier molecular flexibility index (Phi) is 4.81. The number of nitro groups is 1. The molecule has 10 heteroatoms. The number of ether oxygens (including phenoxy) is 1. The lowest BCUT2D eigenvalue weighted by molar-refractivity contribution is -0.385. The van der Waals surface area contributed by atoms with Crippen molar-refractivity contribution in [1.82, 2.24) is 0 Å². The second-order valence-corrected chi connectivity index (χ2v) is 6.23. The highest BCUT2D eigenvalue weighted by Crippen LogP contribution is 2.27. The van der Waals surface area contributed by atoms with Crippen LogP contribution in [0.15, 0.2) is 47.4 Å². The molecule has 9 nitrogen and oxygen atoms in total. The Morgan fingerprint density at radius 2 is 1.83 bits per heavy atom. The van der Waals surface area contributed by atoms with Crippen LogP contribution >= 0.6 is 0 Å². The van der Waals surface area contributed by atoms with Crippen LogP contribution in [0.3, 0.4) is 0 Å². The molecule has 0 aliphatic carbocycles. The number of carbonyl (C=O) groups excluding carboxylic acids is 1. The van der Waals surface area contributed by atoms with E-state index in [0.29, 0.717) is 5.69 Å². The van der Waals surface area contributed by atoms with Gasteiger partial charge in [-0.25, -0.2) is 13.6 Å². The largest absolute Gasteiger partial charge is 0.490 e. The first kappa shape index (κ1) is 17.4. The van der Waals surface area contributed by atoms with Crippen LogP contribution < -0.4 is 15.2 Å². The number of hydrogen-bond acceptors (Lipinski definition) is 6. The van der Waals surface area contributed by atoms with Crippen molar-refractivity contribution in [2.75, 3.05) is 12.4 Å². The van der Waals surface area contributed by atoms with Gasteiger partial charge in [-0.2, -0.15) is 0 Å². The van der Waals surface area contributed by atoms with E-state index >= 15 is 0 Å². The van der Waals surface area contributed by atoms with E-state index in [0.717, 1.165) is 6.07 Å². The van der Waals surface area contributed by atoms with Gasteiger partial charge in [0.2, 0.25) is 10.0 Å². The fourth-order valence-electron chi connectivity index (χ4n) is 1.91. The topological polar surface area (TPSA) is 142 Å². The molecule has 0 unspecified atom stereocenters. The number of hydrogen-bond donors (Lipinski definition) is 2. The smallest absolute Gasteiger partial charge is 0.311 e. The number of rotatable bonds is 5. The summed E-state index contributed by atoms with van der Waals surface area (Å²) in [5.41, 5.74) is 0.0265. The molecule has 0 spiro atoms. The van der Waals surface area contributed by atoms with Gasteiger partial charge in [0.15, 0.2) is 5.75 Å². The van der Waals surface area contributed by atoms with E-state index in [-0.39, 0.29) is 21.9 Å². The second kappa shape index (κ2) is 6.64. The van der Waals surface area contributed by atoms with E-state index in [1.54, 1.807) is 0 Å². The molecular formula is C14H13N3O6S. The quantitative estimate of drug-likeness (QED) is 0.617. The summed E-state index contributed by atoms with van der Waals surface area (Å²) >= 11 is 0. The molecule has 0 aliphatic rings. The van der Waals surface area contributed by atoms with Crippen LogP contribution in [0, 0.1) is 10.1 Å². The van der Waals surface area contributed by atoms with Gasteiger partial charge in [0.05, 0.1) is 16.9 Å². The number of carbonyl (C=O) groups is 1. The molecule has 0 saturated heterocycles. The summed E-state index contributed by atoms with van der Waals surface area (Å²) in [5, 5.41) is 18.5. The highest BCUT2D eigenvalue weighted by Gasteiger charge is 2.18. The standard InChI is InChI=1S/C14H13N3O6S/c1-23-13-7-2-9(8-12(13)17(19)20)14(18)16-10-3-5-11(6-4-10)24(15,21)22/h2-8H,1H3,(H,16,18)(H2,15,21,22). The molecule has 0 saturated carbocycles. The number of nitrogens with zero attached hydrogens (tertiary/aromatic N) is 1. The van der Waals surface area contributed by atoms with Crippen molar-refractivity contribution < 1.29 is 22.9 Å². The Labute approximate surface area is 137 Å². The first-order valence-corrected chi connectivity index (χ1v) is 8.03. The molecule has 2 rings (SSSR count). The summed E-state index contributed by atoms with van der Waals surface area (Å²) in [5.74, 6) is -0.557. The summed E-state index contributed by atoms with van der Waals surface area (Å²) in [6.07, 6.45) is 0. The van der Waals surface area contributed by atoms with Gasteiger partial charge in [0.1, 0.15) is 0 Å². The van der Waals surface area contributed by atoms with Gasteiger partial charge in [-0.3, -0.25) is 14.9 Å². The number of nitrogens with two attached hydrogens (primary N) is 1. The van der Waals surface area contributed by atoms with Crippen LogP contribution in [-0.2, 0) is 10.0 Å². The third-order valence-electron chi connectivity index (χ3n) is 3.08. The van der Waals surface area contributed by atoms with E-state index in [1.807, 2.05) is 0 Å². The Balaban J connectivity index is 2.24. The molecule has 0 atom stereocenters.